The van der Waals surface area contributed by atoms with Gasteiger partial charge in [0.1, 0.15) is 5.75 Å². The lowest BCUT2D eigenvalue weighted by Gasteiger charge is -2.10. The fraction of sp³-hybridized carbons (Fsp3) is 0.231. The van der Waals surface area contributed by atoms with Crippen LogP contribution in [0.1, 0.15) is 41.3 Å². The molecule has 3 rings (SSSR count). The van der Waals surface area contributed by atoms with E-state index in [9.17, 15) is 9.59 Å². The first-order valence-electron chi connectivity index (χ1n) is 10.6. The second-order valence-corrected chi connectivity index (χ2v) is 7.99. The molecule has 6 heteroatoms. The SMILES string of the molecule is CCCCc1ccc(NC(=O)c2ccc(OCC(=O)Nc3ccc(C)c(Cl)c3)cc2)cc1. The Bertz CT molecular complexity index is 1060. The van der Waals surface area contributed by atoms with Crippen LogP contribution >= 0.6 is 11.6 Å². The van der Waals surface area contributed by atoms with Crippen molar-refractivity contribution in [2.24, 2.45) is 0 Å². The van der Waals surface area contributed by atoms with Crippen molar-refractivity contribution < 1.29 is 14.3 Å². The second-order valence-electron chi connectivity index (χ2n) is 7.58. The number of hydrogen-bond acceptors (Lipinski definition) is 3. The van der Waals surface area contributed by atoms with Crippen LogP contribution in [0.5, 0.6) is 5.75 Å². The Morgan fingerprint density at radius 3 is 2.25 bits per heavy atom. The lowest BCUT2D eigenvalue weighted by atomic mass is 10.1. The summed E-state index contributed by atoms with van der Waals surface area (Å²) in [6.07, 6.45) is 3.36. The van der Waals surface area contributed by atoms with Gasteiger partial charge in [0.25, 0.3) is 11.8 Å². The van der Waals surface area contributed by atoms with Crippen molar-refractivity contribution >= 4 is 34.8 Å². The number of nitrogens with one attached hydrogen (secondary N) is 2. The number of benzene rings is 3. The number of carbonyl (C=O) groups excluding carboxylic acids is 2. The molecule has 32 heavy (non-hydrogen) atoms. The summed E-state index contributed by atoms with van der Waals surface area (Å²) in [6.45, 7) is 3.91. The first kappa shape index (κ1) is 23.4. The number of ether oxygens (including phenoxy) is 1. The molecule has 0 aliphatic rings. The van der Waals surface area contributed by atoms with E-state index in [-0.39, 0.29) is 18.4 Å². The van der Waals surface area contributed by atoms with E-state index >= 15 is 0 Å². The zero-order valence-corrected chi connectivity index (χ0v) is 19.0. The Morgan fingerprint density at radius 1 is 0.906 bits per heavy atom. The van der Waals surface area contributed by atoms with Crippen LogP contribution < -0.4 is 15.4 Å². The molecule has 3 aromatic carbocycles. The second kappa shape index (κ2) is 11.3. The summed E-state index contributed by atoms with van der Waals surface area (Å²) in [5.74, 6) is -0.000102. The Morgan fingerprint density at radius 2 is 1.59 bits per heavy atom. The minimum atomic E-state index is -0.297. The van der Waals surface area contributed by atoms with E-state index in [1.807, 2.05) is 37.3 Å². The molecule has 2 amide bonds. The average molecular weight is 451 g/mol. The highest BCUT2D eigenvalue weighted by molar-refractivity contribution is 6.31. The third-order valence-corrected chi connectivity index (χ3v) is 5.38. The zero-order chi connectivity index (χ0) is 22.9. The highest BCUT2D eigenvalue weighted by atomic mass is 35.5. The van der Waals surface area contributed by atoms with Crippen LogP contribution in [0.3, 0.4) is 0 Å². The molecular formula is C26H27ClN2O3. The molecule has 0 radical (unpaired) electrons. The smallest absolute Gasteiger partial charge is 0.262 e. The lowest BCUT2D eigenvalue weighted by molar-refractivity contribution is -0.118. The molecule has 0 aliphatic heterocycles. The summed E-state index contributed by atoms with van der Waals surface area (Å²) in [7, 11) is 0. The minimum absolute atomic E-state index is 0.151. The molecule has 0 aliphatic carbocycles. The predicted octanol–water partition coefficient (Wildman–Crippen LogP) is 6.26. The summed E-state index contributed by atoms with van der Waals surface area (Å²) < 4.78 is 5.52. The summed E-state index contributed by atoms with van der Waals surface area (Å²) >= 11 is 6.07. The Hall–Kier alpha value is -3.31. The molecule has 0 aromatic heterocycles. The number of halogens is 1. The number of aryl methyl sites for hydroxylation is 2. The van der Waals surface area contributed by atoms with Gasteiger partial charge in [-0.2, -0.15) is 0 Å². The van der Waals surface area contributed by atoms with Gasteiger partial charge < -0.3 is 15.4 Å². The van der Waals surface area contributed by atoms with Gasteiger partial charge in [-0.05, 0) is 79.4 Å². The number of carbonyl (C=O) groups is 2. The lowest BCUT2D eigenvalue weighted by Crippen LogP contribution is -2.20. The Labute approximate surface area is 193 Å². The molecule has 0 atom stereocenters. The van der Waals surface area contributed by atoms with Gasteiger partial charge in [-0.3, -0.25) is 9.59 Å². The van der Waals surface area contributed by atoms with Gasteiger partial charge in [0.05, 0.1) is 0 Å². The number of rotatable bonds is 9. The molecule has 0 saturated heterocycles. The van der Waals surface area contributed by atoms with Crippen LogP contribution in [0.4, 0.5) is 11.4 Å². The number of hydrogen-bond donors (Lipinski definition) is 2. The Balaban J connectivity index is 1.49. The highest BCUT2D eigenvalue weighted by Gasteiger charge is 2.08. The maximum absolute atomic E-state index is 12.5. The largest absolute Gasteiger partial charge is 0.484 e. The fourth-order valence-electron chi connectivity index (χ4n) is 3.06. The van der Waals surface area contributed by atoms with E-state index < -0.39 is 0 Å². The van der Waals surface area contributed by atoms with Crippen molar-refractivity contribution in [1.82, 2.24) is 0 Å². The normalized spacial score (nSPS) is 10.5. The van der Waals surface area contributed by atoms with Crippen LogP contribution in [-0.4, -0.2) is 18.4 Å². The van der Waals surface area contributed by atoms with Gasteiger partial charge in [-0.1, -0.05) is 43.1 Å². The van der Waals surface area contributed by atoms with Crippen molar-refractivity contribution in [1.29, 1.82) is 0 Å². The molecule has 2 N–H and O–H groups in total. The van der Waals surface area contributed by atoms with Crippen LogP contribution in [0.25, 0.3) is 0 Å². The van der Waals surface area contributed by atoms with Crippen LogP contribution in [-0.2, 0) is 11.2 Å². The topological polar surface area (TPSA) is 67.4 Å². The van der Waals surface area contributed by atoms with Gasteiger partial charge in [0.15, 0.2) is 6.61 Å². The maximum Gasteiger partial charge on any atom is 0.262 e. The monoisotopic (exact) mass is 450 g/mol. The molecule has 5 nitrogen and oxygen atoms in total. The predicted molar refractivity (Wildman–Crippen MR) is 130 cm³/mol. The van der Waals surface area contributed by atoms with Gasteiger partial charge in [-0.15, -0.1) is 0 Å². The van der Waals surface area contributed by atoms with Gasteiger partial charge in [0, 0.05) is 22.0 Å². The van der Waals surface area contributed by atoms with E-state index in [0.717, 1.165) is 30.5 Å². The van der Waals surface area contributed by atoms with Crippen LogP contribution in [0.2, 0.25) is 5.02 Å². The summed E-state index contributed by atoms with van der Waals surface area (Å²) in [4.78, 5) is 24.6. The van der Waals surface area contributed by atoms with Crippen LogP contribution in [0, 0.1) is 6.92 Å². The van der Waals surface area contributed by atoms with Crippen molar-refractivity contribution in [3.8, 4) is 5.75 Å². The third kappa shape index (κ3) is 6.86. The quantitative estimate of drug-likeness (QED) is 0.404. The molecule has 0 unspecified atom stereocenters. The molecule has 166 valence electrons. The first-order chi connectivity index (χ1) is 15.4. The van der Waals surface area contributed by atoms with E-state index in [1.165, 1.54) is 5.56 Å². The zero-order valence-electron chi connectivity index (χ0n) is 18.3. The van der Waals surface area contributed by atoms with E-state index in [2.05, 4.69) is 17.6 Å². The minimum Gasteiger partial charge on any atom is -0.484 e. The standard InChI is InChI=1S/C26H27ClN2O3/c1-3-4-5-19-7-12-21(13-8-19)29-26(31)20-9-14-23(15-10-20)32-17-25(30)28-22-11-6-18(2)24(27)16-22/h6-16H,3-5,17H2,1-2H3,(H,28,30)(H,29,31). The fourth-order valence-corrected chi connectivity index (χ4v) is 3.24. The third-order valence-electron chi connectivity index (χ3n) is 4.97. The van der Waals surface area contributed by atoms with Gasteiger partial charge in [0.2, 0.25) is 0 Å². The van der Waals surface area contributed by atoms with Gasteiger partial charge >= 0.3 is 0 Å². The average Bonchev–Trinajstić information content (AvgIpc) is 2.80. The molecule has 0 fully saturated rings. The van der Waals surface area contributed by atoms with Crippen molar-refractivity contribution in [2.75, 3.05) is 17.2 Å². The highest BCUT2D eigenvalue weighted by Crippen LogP contribution is 2.20. The molecule has 0 bridgehead atoms. The number of unbranched alkanes of at least 4 members (excludes halogenated alkanes) is 1. The van der Waals surface area contributed by atoms with Crippen molar-refractivity contribution in [3.05, 3.63) is 88.4 Å². The molecule has 3 aromatic rings. The summed E-state index contributed by atoms with van der Waals surface area (Å²) in [5, 5.41) is 6.22. The van der Waals surface area contributed by atoms with E-state index in [4.69, 9.17) is 16.3 Å². The van der Waals surface area contributed by atoms with Crippen molar-refractivity contribution in [3.63, 3.8) is 0 Å². The van der Waals surface area contributed by atoms with Gasteiger partial charge in [-0.25, -0.2) is 0 Å². The van der Waals surface area contributed by atoms with Crippen molar-refractivity contribution in [2.45, 2.75) is 33.1 Å². The molecule has 0 heterocycles. The van der Waals surface area contributed by atoms with Crippen LogP contribution in [0.15, 0.2) is 66.7 Å². The first-order valence-corrected chi connectivity index (χ1v) is 11.0. The summed E-state index contributed by atoms with van der Waals surface area (Å²) in [5.41, 5.74) is 4.07. The van der Waals surface area contributed by atoms with E-state index in [1.54, 1.807) is 36.4 Å². The Kier molecular flexibility index (Phi) is 8.28. The molecule has 0 saturated carbocycles. The molecular weight excluding hydrogens is 424 g/mol. The molecule has 0 spiro atoms. The van der Waals surface area contributed by atoms with E-state index in [0.29, 0.717) is 22.0 Å². The maximum atomic E-state index is 12.5. The number of amides is 2. The summed E-state index contributed by atoms with van der Waals surface area (Å²) in [6, 6.07) is 19.9. The number of anilines is 2.